The van der Waals surface area contributed by atoms with Crippen LogP contribution in [-0.4, -0.2) is 9.97 Å². The van der Waals surface area contributed by atoms with Gasteiger partial charge < -0.3 is 4.98 Å². The molecule has 1 atom stereocenters. The van der Waals surface area contributed by atoms with Gasteiger partial charge in [-0.3, -0.25) is 0 Å². The van der Waals surface area contributed by atoms with Crippen LogP contribution in [0.4, 0.5) is 0 Å². The largest absolute Gasteiger partial charge is 0.332 e. The van der Waals surface area contributed by atoms with E-state index >= 15 is 0 Å². The summed E-state index contributed by atoms with van der Waals surface area (Å²) < 4.78 is 0. The molecule has 0 saturated carbocycles. The van der Waals surface area contributed by atoms with Crippen molar-refractivity contribution in [1.82, 2.24) is 9.97 Å². The molecule has 0 aromatic carbocycles. The fourth-order valence-corrected chi connectivity index (χ4v) is 1.84. The summed E-state index contributed by atoms with van der Waals surface area (Å²) in [6, 6.07) is 0. The van der Waals surface area contributed by atoms with E-state index in [4.69, 9.17) is 11.6 Å². The predicted molar refractivity (Wildman–Crippen MR) is 44.8 cm³/mol. The Morgan fingerprint density at radius 1 is 1.64 bits per heavy atom. The van der Waals surface area contributed by atoms with E-state index in [-0.39, 0.29) is 0 Å². The number of aromatic amines is 1. The highest BCUT2D eigenvalue weighted by molar-refractivity contribution is 6.28. The Morgan fingerprint density at radius 2 is 2.45 bits per heavy atom. The average molecular weight is 171 g/mol. The van der Waals surface area contributed by atoms with Crippen molar-refractivity contribution < 1.29 is 0 Å². The maximum atomic E-state index is 5.73. The summed E-state index contributed by atoms with van der Waals surface area (Å²) in [5, 5.41) is 0.545. The monoisotopic (exact) mass is 170 g/mol. The lowest BCUT2D eigenvalue weighted by molar-refractivity contribution is 0.492. The summed E-state index contributed by atoms with van der Waals surface area (Å²) in [7, 11) is 0. The molecule has 0 aliphatic heterocycles. The first kappa shape index (κ1) is 7.17. The Hall–Kier alpha value is -0.500. The van der Waals surface area contributed by atoms with Gasteiger partial charge in [0.15, 0.2) is 5.28 Å². The lowest BCUT2D eigenvalue weighted by Gasteiger charge is -2.15. The van der Waals surface area contributed by atoms with Gasteiger partial charge in [-0.1, -0.05) is 6.92 Å². The van der Waals surface area contributed by atoms with Crippen molar-refractivity contribution in [3.8, 4) is 0 Å². The lowest BCUT2D eigenvalue weighted by Crippen LogP contribution is -2.10. The zero-order valence-electron chi connectivity index (χ0n) is 6.52. The third-order valence-corrected chi connectivity index (χ3v) is 2.44. The van der Waals surface area contributed by atoms with E-state index in [9.17, 15) is 0 Å². The van der Waals surface area contributed by atoms with Gasteiger partial charge >= 0.3 is 0 Å². The number of aromatic nitrogens is 2. The second-order valence-corrected chi connectivity index (χ2v) is 3.66. The number of nitrogens with one attached hydrogen (secondary N) is 1. The highest BCUT2D eigenvalue weighted by Crippen LogP contribution is 2.24. The van der Waals surface area contributed by atoms with Crippen LogP contribution in [0.3, 0.4) is 0 Å². The van der Waals surface area contributed by atoms with Crippen LogP contribution in [-0.2, 0) is 12.8 Å². The molecule has 1 aliphatic carbocycles. The van der Waals surface area contributed by atoms with E-state index in [1.54, 1.807) is 0 Å². The third kappa shape index (κ3) is 1.27. The third-order valence-electron chi connectivity index (χ3n) is 2.26. The smallest absolute Gasteiger partial charge is 0.200 e. The molecule has 1 aromatic rings. The Bertz CT molecular complexity index is 267. The molecule has 1 heterocycles. The zero-order chi connectivity index (χ0) is 7.84. The number of hydrogen-bond donors (Lipinski definition) is 1. The van der Waals surface area contributed by atoms with E-state index in [0.717, 1.165) is 18.8 Å². The molecule has 11 heavy (non-hydrogen) atoms. The van der Waals surface area contributed by atoms with Crippen molar-refractivity contribution in [2.45, 2.75) is 26.2 Å². The number of imidazole rings is 1. The van der Waals surface area contributed by atoms with Gasteiger partial charge in [-0.2, -0.15) is 0 Å². The van der Waals surface area contributed by atoms with Crippen LogP contribution >= 0.6 is 11.6 Å². The summed E-state index contributed by atoms with van der Waals surface area (Å²) >= 11 is 5.73. The summed E-state index contributed by atoms with van der Waals surface area (Å²) in [6.07, 6.45) is 3.43. The molecule has 0 amide bonds. The number of rotatable bonds is 0. The molecule has 2 rings (SSSR count). The van der Waals surface area contributed by atoms with E-state index in [1.165, 1.54) is 17.8 Å². The Morgan fingerprint density at radius 3 is 3.27 bits per heavy atom. The highest BCUT2D eigenvalue weighted by atomic mass is 35.5. The first-order chi connectivity index (χ1) is 5.25. The first-order valence-electron chi connectivity index (χ1n) is 3.99. The molecule has 3 heteroatoms. The van der Waals surface area contributed by atoms with Crippen LogP contribution < -0.4 is 0 Å². The molecule has 0 fully saturated rings. The van der Waals surface area contributed by atoms with Crippen molar-refractivity contribution >= 4 is 11.6 Å². The minimum absolute atomic E-state index is 0.545. The fourth-order valence-electron chi connectivity index (χ4n) is 1.62. The van der Waals surface area contributed by atoms with Crippen LogP contribution in [0.15, 0.2) is 0 Å². The van der Waals surface area contributed by atoms with Crippen LogP contribution in [0.1, 0.15) is 24.7 Å². The van der Waals surface area contributed by atoms with Crippen molar-refractivity contribution in [3.05, 3.63) is 16.7 Å². The average Bonchev–Trinajstić information content (AvgIpc) is 2.27. The standard InChI is InChI=1S/C8H11ClN2/c1-5-2-3-6-7(4-5)11-8(9)10-6/h5H,2-4H2,1H3,(H,10,11). The zero-order valence-corrected chi connectivity index (χ0v) is 7.28. The molecule has 1 aliphatic rings. The fraction of sp³-hybridized carbons (Fsp3) is 0.625. The Kier molecular flexibility index (Phi) is 1.64. The molecule has 1 unspecified atom stereocenters. The van der Waals surface area contributed by atoms with Crippen LogP contribution in [0.2, 0.25) is 5.28 Å². The van der Waals surface area contributed by atoms with E-state index < -0.39 is 0 Å². The molecular formula is C8H11ClN2. The Labute approximate surface area is 71.0 Å². The second kappa shape index (κ2) is 2.52. The molecule has 0 spiro atoms. The molecule has 1 N–H and O–H groups in total. The van der Waals surface area contributed by atoms with Gasteiger partial charge in [-0.25, -0.2) is 4.98 Å². The minimum Gasteiger partial charge on any atom is -0.332 e. The van der Waals surface area contributed by atoms with Crippen molar-refractivity contribution in [2.24, 2.45) is 5.92 Å². The van der Waals surface area contributed by atoms with E-state index in [2.05, 4.69) is 16.9 Å². The van der Waals surface area contributed by atoms with Crippen LogP contribution in [0, 0.1) is 5.92 Å². The van der Waals surface area contributed by atoms with Gasteiger partial charge in [0.1, 0.15) is 0 Å². The number of aryl methyl sites for hydroxylation is 1. The van der Waals surface area contributed by atoms with Crippen molar-refractivity contribution in [1.29, 1.82) is 0 Å². The maximum absolute atomic E-state index is 5.73. The topological polar surface area (TPSA) is 28.7 Å². The minimum atomic E-state index is 0.545. The van der Waals surface area contributed by atoms with Crippen molar-refractivity contribution in [3.63, 3.8) is 0 Å². The molecule has 0 saturated heterocycles. The second-order valence-electron chi connectivity index (χ2n) is 3.30. The highest BCUT2D eigenvalue weighted by Gasteiger charge is 2.18. The van der Waals surface area contributed by atoms with Gasteiger partial charge in [0.05, 0.1) is 5.69 Å². The molecule has 1 aromatic heterocycles. The summed E-state index contributed by atoms with van der Waals surface area (Å²) in [6.45, 7) is 2.26. The SMILES string of the molecule is CC1CCc2nc(Cl)[nH]c2C1. The molecule has 0 radical (unpaired) electrons. The van der Waals surface area contributed by atoms with Crippen LogP contribution in [0.5, 0.6) is 0 Å². The Balaban J connectivity index is 2.34. The number of nitrogens with zero attached hydrogens (tertiary/aromatic N) is 1. The van der Waals surface area contributed by atoms with Gasteiger partial charge in [0.2, 0.25) is 0 Å². The molecule has 0 bridgehead atoms. The predicted octanol–water partition coefficient (Wildman–Crippen LogP) is 2.19. The number of hydrogen-bond acceptors (Lipinski definition) is 1. The maximum Gasteiger partial charge on any atom is 0.200 e. The summed E-state index contributed by atoms with van der Waals surface area (Å²) in [4.78, 5) is 7.28. The van der Waals surface area contributed by atoms with Gasteiger partial charge in [0.25, 0.3) is 0 Å². The molecule has 60 valence electrons. The van der Waals surface area contributed by atoms with Crippen LogP contribution in [0.25, 0.3) is 0 Å². The first-order valence-corrected chi connectivity index (χ1v) is 4.37. The molecular weight excluding hydrogens is 160 g/mol. The summed E-state index contributed by atoms with van der Waals surface area (Å²) in [5.74, 6) is 0.777. The van der Waals surface area contributed by atoms with Gasteiger partial charge in [0, 0.05) is 5.69 Å². The van der Waals surface area contributed by atoms with E-state index in [0.29, 0.717) is 5.28 Å². The normalized spacial score (nSPS) is 23.3. The molecule has 2 nitrogen and oxygen atoms in total. The number of H-pyrrole nitrogens is 1. The van der Waals surface area contributed by atoms with Gasteiger partial charge in [-0.15, -0.1) is 0 Å². The number of halogens is 1. The quantitative estimate of drug-likeness (QED) is 0.636. The lowest BCUT2D eigenvalue weighted by atomic mass is 9.92. The van der Waals surface area contributed by atoms with E-state index in [1.807, 2.05) is 0 Å². The number of fused-ring (bicyclic) bond motifs is 1. The summed E-state index contributed by atoms with van der Waals surface area (Å²) in [5.41, 5.74) is 2.42. The van der Waals surface area contributed by atoms with Gasteiger partial charge in [-0.05, 0) is 36.8 Å². The van der Waals surface area contributed by atoms with Crippen molar-refractivity contribution in [2.75, 3.05) is 0 Å².